The zero-order valence-corrected chi connectivity index (χ0v) is 13.3. The minimum absolute atomic E-state index is 0.108. The summed E-state index contributed by atoms with van der Waals surface area (Å²) in [6, 6.07) is -0.644. The Morgan fingerprint density at radius 2 is 1.95 bits per heavy atom. The molecule has 1 aromatic heterocycles. The van der Waals surface area contributed by atoms with Gasteiger partial charge < -0.3 is 10.1 Å². The molecule has 0 saturated heterocycles. The average molecular weight is 299 g/mol. The molecule has 1 rings (SSSR count). The van der Waals surface area contributed by atoms with Gasteiger partial charge in [-0.25, -0.2) is 4.79 Å². The molecular formula is C13H21N3O3S. The Bertz CT molecular complexity index is 471. The van der Waals surface area contributed by atoms with E-state index in [1.807, 2.05) is 27.7 Å². The van der Waals surface area contributed by atoms with Crippen molar-refractivity contribution in [2.45, 2.75) is 46.1 Å². The lowest BCUT2D eigenvalue weighted by Crippen LogP contribution is -2.42. The highest BCUT2D eigenvalue weighted by atomic mass is 32.1. The molecule has 0 radical (unpaired) electrons. The molecule has 0 spiro atoms. The Morgan fingerprint density at radius 3 is 2.45 bits per heavy atom. The monoisotopic (exact) mass is 299 g/mol. The first-order chi connectivity index (χ1) is 9.36. The van der Waals surface area contributed by atoms with Crippen LogP contribution < -0.4 is 5.32 Å². The van der Waals surface area contributed by atoms with Gasteiger partial charge in [0.2, 0.25) is 0 Å². The fourth-order valence-electron chi connectivity index (χ4n) is 1.78. The van der Waals surface area contributed by atoms with E-state index in [9.17, 15) is 9.59 Å². The van der Waals surface area contributed by atoms with Crippen molar-refractivity contribution >= 4 is 23.4 Å². The fraction of sp³-hybridized carbons (Fsp3) is 0.692. The molecule has 112 valence electrons. The third-order valence-electron chi connectivity index (χ3n) is 2.76. The van der Waals surface area contributed by atoms with Crippen LogP contribution in [0.25, 0.3) is 0 Å². The van der Waals surface area contributed by atoms with Crippen molar-refractivity contribution in [3.63, 3.8) is 0 Å². The number of carbonyl (C=O) groups is 2. The van der Waals surface area contributed by atoms with Crippen molar-refractivity contribution in [2.75, 3.05) is 7.11 Å². The molecule has 1 aromatic rings. The second kappa shape index (κ2) is 7.33. The van der Waals surface area contributed by atoms with E-state index in [-0.39, 0.29) is 17.7 Å². The third kappa shape index (κ3) is 4.26. The van der Waals surface area contributed by atoms with E-state index >= 15 is 0 Å². The van der Waals surface area contributed by atoms with Gasteiger partial charge in [-0.15, -0.1) is 5.10 Å². The predicted octanol–water partition coefficient (Wildman–Crippen LogP) is 1.98. The first-order valence-electron chi connectivity index (χ1n) is 6.57. The van der Waals surface area contributed by atoms with E-state index in [1.165, 1.54) is 7.11 Å². The summed E-state index contributed by atoms with van der Waals surface area (Å²) in [5.74, 6) is -0.380. The smallest absolute Gasteiger partial charge is 0.328 e. The maximum Gasteiger partial charge on any atom is 0.328 e. The molecule has 0 fully saturated rings. The molecule has 1 atom stereocenters. The summed E-state index contributed by atoms with van der Waals surface area (Å²) in [5.41, 5.74) is 0.653. The number of amides is 1. The molecule has 1 heterocycles. The topological polar surface area (TPSA) is 81.2 Å². The summed E-state index contributed by atoms with van der Waals surface area (Å²) < 4.78 is 8.54. The molecule has 1 N–H and O–H groups in total. The van der Waals surface area contributed by atoms with Crippen LogP contribution in [-0.4, -0.2) is 34.6 Å². The molecule has 20 heavy (non-hydrogen) atoms. The molecule has 1 unspecified atom stereocenters. The normalized spacial score (nSPS) is 12.6. The van der Waals surface area contributed by atoms with Crippen LogP contribution in [-0.2, 0) is 9.53 Å². The summed E-state index contributed by atoms with van der Waals surface area (Å²) in [7, 11) is 1.32. The Kier molecular flexibility index (Phi) is 6.06. The van der Waals surface area contributed by atoms with Gasteiger partial charge in [0.25, 0.3) is 5.91 Å². The Balaban J connectivity index is 2.85. The lowest BCUT2D eigenvalue weighted by molar-refractivity contribution is -0.143. The van der Waals surface area contributed by atoms with Gasteiger partial charge in [0.15, 0.2) is 0 Å². The van der Waals surface area contributed by atoms with Crippen LogP contribution in [0.1, 0.15) is 55.4 Å². The largest absolute Gasteiger partial charge is 0.467 e. The third-order valence-corrected chi connectivity index (χ3v) is 3.50. The van der Waals surface area contributed by atoms with E-state index in [2.05, 4.69) is 14.9 Å². The molecule has 1 amide bonds. The van der Waals surface area contributed by atoms with Crippen molar-refractivity contribution in [3.05, 3.63) is 10.6 Å². The number of carbonyl (C=O) groups excluding carboxylic acids is 2. The summed E-state index contributed by atoms with van der Waals surface area (Å²) >= 11 is 1.04. The molecule has 7 heteroatoms. The number of ether oxygens (including phenoxy) is 1. The number of aromatic nitrogens is 2. The van der Waals surface area contributed by atoms with E-state index in [1.54, 1.807) is 0 Å². The van der Waals surface area contributed by atoms with Crippen molar-refractivity contribution in [1.82, 2.24) is 14.9 Å². The van der Waals surface area contributed by atoms with Gasteiger partial charge in [0, 0.05) is 0 Å². The Hall–Kier alpha value is -1.50. The minimum atomic E-state index is -0.644. The van der Waals surface area contributed by atoms with Crippen LogP contribution in [0.3, 0.4) is 0 Å². The van der Waals surface area contributed by atoms with Gasteiger partial charge in [0.05, 0.1) is 12.8 Å². The molecule has 0 bridgehead atoms. The summed E-state index contributed by atoms with van der Waals surface area (Å²) in [6.07, 6.45) is 0.529. The van der Waals surface area contributed by atoms with E-state index in [0.29, 0.717) is 17.0 Å². The van der Waals surface area contributed by atoms with Crippen LogP contribution in [0.5, 0.6) is 0 Å². The van der Waals surface area contributed by atoms with Crippen LogP contribution >= 0.6 is 11.5 Å². The Morgan fingerprint density at radius 1 is 1.30 bits per heavy atom. The maximum absolute atomic E-state index is 12.3. The minimum Gasteiger partial charge on any atom is -0.467 e. The maximum atomic E-state index is 12.3. The van der Waals surface area contributed by atoms with Crippen molar-refractivity contribution < 1.29 is 14.3 Å². The number of nitrogens with zero attached hydrogens (tertiary/aromatic N) is 2. The van der Waals surface area contributed by atoms with Gasteiger partial charge in [-0.05, 0) is 29.8 Å². The molecule has 0 aliphatic heterocycles. The number of methoxy groups -OCH3 is 1. The van der Waals surface area contributed by atoms with Gasteiger partial charge in [-0.3, -0.25) is 4.79 Å². The molecule has 0 aliphatic rings. The summed E-state index contributed by atoms with van der Waals surface area (Å²) in [4.78, 5) is 24.4. The highest BCUT2D eigenvalue weighted by Gasteiger charge is 2.26. The lowest BCUT2D eigenvalue weighted by Gasteiger charge is -2.18. The van der Waals surface area contributed by atoms with E-state index < -0.39 is 12.0 Å². The van der Waals surface area contributed by atoms with Crippen LogP contribution in [0.4, 0.5) is 0 Å². The van der Waals surface area contributed by atoms with Crippen molar-refractivity contribution in [1.29, 1.82) is 0 Å². The molecule has 0 saturated carbocycles. The number of nitrogens with one attached hydrogen (secondary N) is 1. The standard InChI is InChI=1S/C13H21N3O3S/c1-7(2)6-9(13(18)19-5)14-12(17)11-10(8(3)4)15-16-20-11/h7-9H,6H2,1-5H3,(H,14,17). The van der Waals surface area contributed by atoms with Crippen molar-refractivity contribution in [3.8, 4) is 0 Å². The van der Waals surface area contributed by atoms with Crippen LogP contribution in [0.2, 0.25) is 0 Å². The Labute approximate surface area is 123 Å². The van der Waals surface area contributed by atoms with Crippen LogP contribution in [0.15, 0.2) is 0 Å². The zero-order valence-electron chi connectivity index (χ0n) is 12.5. The molecule has 0 aromatic carbocycles. The van der Waals surface area contributed by atoms with Gasteiger partial charge in [0.1, 0.15) is 10.9 Å². The number of hydrogen-bond donors (Lipinski definition) is 1. The number of rotatable bonds is 6. The van der Waals surface area contributed by atoms with E-state index in [4.69, 9.17) is 4.74 Å². The summed E-state index contributed by atoms with van der Waals surface area (Å²) in [6.45, 7) is 7.85. The van der Waals surface area contributed by atoms with Gasteiger partial charge in [-0.2, -0.15) is 0 Å². The molecular weight excluding hydrogens is 278 g/mol. The van der Waals surface area contributed by atoms with Crippen molar-refractivity contribution in [2.24, 2.45) is 5.92 Å². The first kappa shape index (κ1) is 16.6. The average Bonchev–Trinajstić information content (AvgIpc) is 2.85. The fourth-order valence-corrected chi connectivity index (χ4v) is 2.51. The van der Waals surface area contributed by atoms with Gasteiger partial charge in [-0.1, -0.05) is 32.2 Å². The van der Waals surface area contributed by atoms with E-state index in [0.717, 1.165) is 11.5 Å². The predicted molar refractivity (Wildman–Crippen MR) is 76.7 cm³/mol. The second-order valence-electron chi connectivity index (χ2n) is 5.32. The molecule has 0 aliphatic carbocycles. The quantitative estimate of drug-likeness (QED) is 0.812. The highest BCUT2D eigenvalue weighted by molar-refractivity contribution is 7.08. The molecule has 6 nitrogen and oxygen atoms in total. The summed E-state index contributed by atoms with van der Waals surface area (Å²) in [5, 5.41) is 6.68. The number of esters is 1. The lowest BCUT2D eigenvalue weighted by atomic mass is 10.0. The SMILES string of the molecule is COC(=O)C(CC(C)C)NC(=O)c1snnc1C(C)C. The number of hydrogen-bond acceptors (Lipinski definition) is 6. The van der Waals surface area contributed by atoms with Gasteiger partial charge >= 0.3 is 5.97 Å². The second-order valence-corrected chi connectivity index (χ2v) is 6.07. The van der Waals surface area contributed by atoms with Crippen LogP contribution in [0, 0.1) is 5.92 Å². The first-order valence-corrected chi connectivity index (χ1v) is 7.35. The zero-order chi connectivity index (χ0) is 15.3. The highest BCUT2D eigenvalue weighted by Crippen LogP contribution is 2.20.